The van der Waals surface area contributed by atoms with Gasteiger partial charge in [0.1, 0.15) is 0 Å². The fraction of sp³-hybridized carbons (Fsp3) is 0.588. The quantitative estimate of drug-likeness (QED) is 0.906. The summed E-state index contributed by atoms with van der Waals surface area (Å²) in [5.41, 5.74) is 7.99. The van der Waals surface area contributed by atoms with Crippen LogP contribution in [0.4, 0.5) is 11.4 Å². The summed E-state index contributed by atoms with van der Waals surface area (Å²) in [5, 5.41) is 0. The maximum Gasteiger partial charge on any atom is 0.227 e. The number of nitrogens with two attached hydrogens (primary N) is 1. The van der Waals surface area contributed by atoms with Crippen LogP contribution < -0.4 is 15.5 Å². The van der Waals surface area contributed by atoms with Crippen LogP contribution in [0, 0.1) is 11.8 Å². The maximum absolute atomic E-state index is 12.7. The zero-order valence-electron chi connectivity index (χ0n) is 13.4. The number of benzene rings is 1. The molecule has 0 spiro atoms. The first kappa shape index (κ1) is 15.8. The molecule has 4 heteroatoms. The van der Waals surface area contributed by atoms with Crippen molar-refractivity contribution in [1.82, 2.24) is 0 Å². The van der Waals surface area contributed by atoms with Gasteiger partial charge in [0.05, 0.1) is 11.4 Å². The normalized spacial score (nSPS) is 16.0. The molecule has 0 fully saturated rings. The smallest absolute Gasteiger partial charge is 0.227 e. The highest BCUT2D eigenvalue weighted by Crippen LogP contribution is 2.32. The maximum atomic E-state index is 12.7. The Balaban J connectivity index is 2.11. The molecule has 116 valence electrons. The van der Waals surface area contributed by atoms with Crippen LogP contribution in [0.2, 0.25) is 0 Å². The number of rotatable bonds is 5. The molecule has 4 nitrogen and oxygen atoms in total. The molecule has 1 amide bonds. The highest BCUT2D eigenvalue weighted by atomic mass is 16.2. The van der Waals surface area contributed by atoms with Crippen LogP contribution in [0.25, 0.3) is 0 Å². The lowest BCUT2D eigenvalue weighted by Gasteiger charge is -2.36. The van der Waals surface area contributed by atoms with Crippen LogP contribution in [0.15, 0.2) is 24.3 Å². The summed E-state index contributed by atoms with van der Waals surface area (Å²) in [4.78, 5) is 16.8. The van der Waals surface area contributed by atoms with E-state index in [1.165, 1.54) is 0 Å². The van der Waals surface area contributed by atoms with Crippen molar-refractivity contribution in [3.63, 3.8) is 0 Å². The summed E-state index contributed by atoms with van der Waals surface area (Å²) in [5.74, 6) is 1.06. The molecule has 0 unspecified atom stereocenters. The minimum Gasteiger partial charge on any atom is -0.371 e. The Labute approximate surface area is 127 Å². The van der Waals surface area contributed by atoms with Crippen LogP contribution >= 0.6 is 0 Å². The van der Waals surface area contributed by atoms with Crippen molar-refractivity contribution in [2.75, 3.05) is 36.5 Å². The predicted molar refractivity (Wildman–Crippen MR) is 88.7 cm³/mol. The van der Waals surface area contributed by atoms with Crippen molar-refractivity contribution in [2.45, 2.75) is 26.7 Å². The summed E-state index contributed by atoms with van der Waals surface area (Å²) in [6, 6.07) is 8.11. The average molecular weight is 289 g/mol. The van der Waals surface area contributed by atoms with Gasteiger partial charge in [-0.05, 0) is 36.9 Å². The number of hydrogen-bond donors (Lipinski definition) is 1. The number of nitrogens with zero attached hydrogens (tertiary/aromatic N) is 2. The zero-order chi connectivity index (χ0) is 15.4. The second-order valence-electron chi connectivity index (χ2n) is 6.39. The molecular formula is C17H27N3O. The van der Waals surface area contributed by atoms with Gasteiger partial charge in [-0.1, -0.05) is 26.0 Å². The van der Waals surface area contributed by atoms with Crippen LogP contribution in [0.3, 0.4) is 0 Å². The first-order valence-corrected chi connectivity index (χ1v) is 7.83. The van der Waals surface area contributed by atoms with E-state index in [0.717, 1.165) is 30.9 Å². The third-order valence-electron chi connectivity index (χ3n) is 4.15. The molecule has 1 aromatic rings. The van der Waals surface area contributed by atoms with E-state index in [1.807, 2.05) is 23.1 Å². The van der Waals surface area contributed by atoms with Gasteiger partial charge < -0.3 is 15.5 Å². The third-order valence-corrected chi connectivity index (χ3v) is 4.15. The van der Waals surface area contributed by atoms with Crippen molar-refractivity contribution >= 4 is 17.3 Å². The predicted octanol–water partition coefficient (Wildman–Crippen LogP) is 2.48. The molecule has 0 bridgehead atoms. The number of hydrogen-bond acceptors (Lipinski definition) is 3. The molecule has 1 heterocycles. The highest BCUT2D eigenvalue weighted by molar-refractivity contribution is 5.97. The molecule has 0 saturated heterocycles. The Morgan fingerprint density at radius 1 is 1.24 bits per heavy atom. The lowest BCUT2D eigenvalue weighted by Crippen LogP contribution is -2.43. The molecule has 2 N–H and O–H groups in total. The topological polar surface area (TPSA) is 49.6 Å². The van der Waals surface area contributed by atoms with Gasteiger partial charge in [-0.2, -0.15) is 0 Å². The van der Waals surface area contributed by atoms with E-state index in [2.05, 4.69) is 31.9 Å². The molecule has 1 aliphatic rings. The summed E-state index contributed by atoms with van der Waals surface area (Å²) >= 11 is 0. The molecular weight excluding hydrogens is 262 g/mol. The van der Waals surface area contributed by atoms with E-state index in [9.17, 15) is 4.79 Å². The van der Waals surface area contributed by atoms with Gasteiger partial charge in [-0.3, -0.25) is 4.79 Å². The highest BCUT2D eigenvalue weighted by Gasteiger charge is 2.26. The Morgan fingerprint density at radius 3 is 2.52 bits per heavy atom. The van der Waals surface area contributed by atoms with Gasteiger partial charge in [-0.25, -0.2) is 0 Å². The van der Waals surface area contributed by atoms with Gasteiger partial charge in [0.15, 0.2) is 0 Å². The fourth-order valence-corrected chi connectivity index (χ4v) is 3.05. The van der Waals surface area contributed by atoms with E-state index in [-0.39, 0.29) is 11.8 Å². The van der Waals surface area contributed by atoms with E-state index in [1.54, 1.807) is 0 Å². The van der Waals surface area contributed by atoms with E-state index >= 15 is 0 Å². The van der Waals surface area contributed by atoms with Gasteiger partial charge in [0, 0.05) is 26.6 Å². The summed E-state index contributed by atoms with van der Waals surface area (Å²) < 4.78 is 0. The Hall–Kier alpha value is -1.55. The molecule has 1 aromatic carbocycles. The second kappa shape index (κ2) is 6.94. The SMILES string of the molecule is CC(C)C[C@H](CN)CC(=O)N1CCN(C)c2ccccc21. The lowest BCUT2D eigenvalue weighted by atomic mass is 9.93. The molecule has 21 heavy (non-hydrogen) atoms. The fourth-order valence-electron chi connectivity index (χ4n) is 3.05. The van der Waals surface area contributed by atoms with Crippen LogP contribution in [0.5, 0.6) is 0 Å². The molecule has 1 atom stereocenters. The molecule has 2 rings (SSSR count). The van der Waals surface area contributed by atoms with Crippen molar-refractivity contribution in [3.05, 3.63) is 24.3 Å². The molecule has 1 aliphatic heterocycles. The molecule has 0 aliphatic carbocycles. The average Bonchev–Trinajstić information content (AvgIpc) is 2.46. The van der Waals surface area contributed by atoms with Crippen LogP contribution in [0.1, 0.15) is 26.7 Å². The molecule has 0 radical (unpaired) electrons. The monoisotopic (exact) mass is 289 g/mol. The Morgan fingerprint density at radius 2 is 1.90 bits per heavy atom. The summed E-state index contributed by atoms with van der Waals surface area (Å²) in [7, 11) is 2.07. The number of anilines is 2. The van der Waals surface area contributed by atoms with Crippen molar-refractivity contribution in [1.29, 1.82) is 0 Å². The summed E-state index contributed by atoms with van der Waals surface area (Å²) in [6.45, 7) is 6.57. The Bertz CT molecular complexity index is 487. The number of carbonyl (C=O) groups is 1. The van der Waals surface area contributed by atoms with Crippen LogP contribution in [-0.4, -0.2) is 32.6 Å². The number of para-hydroxylation sites is 2. The number of fused-ring (bicyclic) bond motifs is 1. The second-order valence-corrected chi connectivity index (χ2v) is 6.39. The Kier molecular flexibility index (Phi) is 5.23. The summed E-state index contributed by atoms with van der Waals surface area (Å²) in [6.07, 6.45) is 1.56. The molecule has 0 aromatic heterocycles. The first-order valence-electron chi connectivity index (χ1n) is 7.83. The number of likely N-dealkylation sites (N-methyl/N-ethyl adjacent to an activating group) is 1. The van der Waals surface area contributed by atoms with E-state index in [4.69, 9.17) is 5.73 Å². The van der Waals surface area contributed by atoms with Gasteiger partial charge >= 0.3 is 0 Å². The minimum atomic E-state index is 0.201. The first-order chi connectivity index (χ1) is 10.0. The van der Waals surface area contributed by atoms with Crippen molar-refractivity contribution in [3.8, 4) is 0 Å². The van der Waals surface area contributed by atoms with Crippen molar-refractivity contribution < 1.29 is 4.79 Å². The largest absolute Gasteiger partial charge is 0.371 e. The van der Waals surface area contributed by atoms with E-state index in [0.29, 0.717) is 18.9 Å². The zero-order valence-corrected chi connectivity index (χ0v) is 13.4. The van der Waals surface area contributed by atoms with Crippen molar-refractivity contribution in [2.24, 2.45) is 17.6 Å². The van der Waals surface area contributed by atoms with Gasteiger partial charge in [0.2, 0.25) is 5.91 Å². The van der Waals surface area contributed by atoms with Gasteiger partial charge in [0.25, 0.3) is 0 Å². The number of carbonyl (C=O) groups excluding carboxylic acids is 1. The van der Waals surface area contributed by atoms with E-state index < -0.39 is 0 Å². The standard InChI is InChI=1S/C17H27N3O/c1-13(2)10-14(12-18)11-17(21)20-9-8-19(3)15-6-4-5-7-16(15)20/h4-7,13-14H,8-12,18H2,1-3H3/t14-/m0/s1. The van der Waals surface area contributed by atoms with Gasteiger partial charge in [-0.15, -0.1) is 0 Å². The molecule has 0 saturated carbocycles. The lowest BCUT2D eigenvalue weighted by molar-refractivity contribution is -0.119. The number of amides is 1. The third kappa shape index (κ3) is 3.76. The minimum absolute atomic E-state index is 0.201. The van der Waals surface area contributed by atoms with Crippen LogP contribution in [-0.2, 0) is 4.79 Å².